The number of rotatable bonds is 5. The Labute approximate surface area is 115 Å². The van der Waals surface area contributed by atoms with Gasteiger partial charge in [-0.2, -0.15) is 0 Å². The maximum absolute atomic E-state index is 12.1. The van der Waals surface area contributed by atoms with Crippen molar-refractivity contribution >= 4 is 23.1 Å². The molecule has 18 heavy (non-hydrogen) atoms. The number of carbonyl (C=O) groups is 1. The van der Waals surface area contributed by atoms with Gasteiger partial charge in [0.05, 0.1) is 11.0 Å². The molecule has 1 aliphatic heterocycles. The molecular weight excluding hydrogens is 246 g/mol. The molecule has 1 fully saturated rings. The molecule has 1 amide bonds. The van der Waals surface area contributed by atoms with E-state index in [1.54, 1.807) is 0 Å². The molecule has 0 aromatic carbocycles. The van der Waals surface area contributed by atoms with Crippen LogP contribution >= 0.6 is 12.2 Å². The zero-order valence-electron chi connectivity index (χ0n) is 11.7. The van der Waals surface area contributed by atoms with Gasteiger partial charge in [-0.15, -0.1) is 0 Å². The number of hydrogen-bond acceptors (Lipinski definition) is 3. The first-order valence-corrected chi connectivity index (χ1v) is 7.24. The van der Waals surface area contributed by atoms with Gasteiger partial charge in [-0.3, -0.25) is 9.69 Å². The second-order valence-electron chi connectivity index (χ2n) is 5.00. The van der Waals surface area contributed by atoms with Crippen molar-refractivity contribution in [3.8, 4) is 0 Å². The van der Waals surface area contributed by atoms with E-state index >= 15 is 0 Å². The van der Waals surface area contributed by atoms with E-state index in [9.17, 15) is 4.79 Å². The minimum absolute atomic E-state index is 0.133. The molecule has 0 spiro atoms. The highest BCUT2D eigenvalue weighted by atomic mass is 32.1. The summed E-state index contributed by atoms with van der Waals surface area (Å²) in [6, 6.07) is 0.181. The van der Waals surface area contributed by atoms with Crippen molar-refractivity contribution in [1.29, 1.82) is 0 Å². The summed E-state index contributed by atoms with van der Waals surface area (Å²) in [4.78, 5) is 16.9. The first-order valence-electron chi connectivity index (χ1n) is 6.83. The summed E-state index contributed by atoms with van der Waals surface area (Å²) in [6.45, 7) is 9.48. The molecular formula is C13H25N3OS. The SMILES string of the molecule is CCC(C)C(=O)N1CCN(C(CC)C(N)=S)CC1. The molecule has 2 atom stereocenters. The van der Waals surface area contributed by atoms with Crippen molar-refractivity contribution < 1.29 is 4.79 Å². The molecule has 5 heteroatoms. The highest BCUT2D eigenvalue weighted by Gasteiger charge is 2.27. The molecule has 0 saturated carbocycles. The lowest BCUT2D eigenvalue weighted by Crippen LogP contribution is -2.55. The van der Waals surface area contributed by atoms with E-state index in [-0.39, 0.29) is 17.9 Å². The van der Waals surface area contributed by atoms with E-state index in [0.717, 1.165) is 39.0 Å². The van der Waals surface area contributed by atoms with Crippen LogP contribution < -0.4 is 5.73 Å². The topological polar surface area (TPSA) is 49.6 Å². The average molecular weight is 271 g/mol. The van der Waals surface area contributed by atoms with Gasteiger partial charge in [0.15, 0.2) is 0 Å². The third-order valence-electron chi connectivity index (χ3n) is 3.82. The fraction of sp³-hybridized carbons (Fsp3) is 0.846. The van der Waals surface area contributed by atoms with E-state index in [0.29, 0.717) is 4.99 Å². The van der Waals surface area contributed by atoms with Crippen molar-refractivity contribution in [3.63, 3.8) is 0 Å². The average Bonchev–Trinajstić information content (AvgIpc) is 2.38. The van der Waals surface area contributed by atoms with Crippen LogP contribution in [0.15, 0.2) is 0 Å². The maximum atomic E-state index is 12.1. The third-order valence-corrected chi connectivity index (χ3v) is 4.09. The number of piperazine rings is 1. The highest BCUT2D eigenvalue weighted by molar-refractivity contribution is 7.80. The molecule has 1 aliphatic rings. The van der Waals surface area contributed by atoms with Gasteiger partial charge in [0, 0.05) is 32.1 Å². The number of nitrogens with two attached hydrogens (primary N) is 1. The summed E-state index contributed by atoms with van der Waals surface area (Å²) in [5.41, 5.74) is 5.75. The van der Waals surface area contributed by atoms with Crippen molar-refractivity contribution in [2.75, 3.05) is 26.2 Å². The molecule has 0 aromatic heterocycles. The van der Waals surface area contributed by atoms with E-state index in [1.807, 2.05) is 11.8 Å². The largest absolute Gasteiger partial charge is 0.392 e. The number of thiocarbonyl (C=S) groups is 1. The fourth-order valence-corrected chi connectivity index (χ4v) is 2.70. The molecule has 2 N–H and O–H groups in total. The van der Waals surface area contributed by atoms with Crippen LogP contribution in [-0.4, -0.2) is 52.9 Å². The van der Waals surface area contributed by atoms with Gasteiger partial charge >= 0.3 is 0 Å². The first-order chi connectivity index (χ1) is 8.51. The minimum Gasteiger partial charge on any atom is -0.392 e. The zero-order chi connectivity index (χ0) is 13.7. The highest BCUT2D eigenvalue weighted by Crippen LogP contribution is 2.13. The smallest absolute Gasteiger partial charge is 0.225 e. The van der Waals surface area contributed by atoms with Crippen molar-refractivity contribution in [1.82, 2.24) is 9.80 Å². The van der Waals surface area contributed by atoms with Gasteiger partial charge < -0.3 is 10.6 Å². The first kappa shape index (κ1) is 15.4. The predicted molar refractivity (Wildman–Crippen MR) is 78.5 cm³/mol. The van der Waals surface area contributed by atoms with Crippen molar-refractivity contribution in [2.24, 2.45) is 11.7 Å². The number of nitrogens with zero attached hydrogens (tertiary/aromatic N) is 2. The fourth-order valence-electron chi connectivity index (χ4n) is 2.38. The van der Waals surface area contributed by atoms with E-state index in [4.69, 9.17) is 18.0 Å². The number of carbonyl (C=O) groups excluding carboxylic acids is 1. The van der Waals surface area contributed by atoms with Crippen LogP contribution in [-0.2, 0) is 4.79 Å². The van der Waals surface area contributed by atoms with Gasteiger partial charge in [-0.05, 0) is 12.8 Å². The van der Waals surface area contributed by atoms with Crippen LogP contribution in [0, 0.1) is 5.92 Å². The summed E-state index contributed by atoms with van der Waals surface area (Å²) >= 11 is 5.09. The molecule has 1 heterocycles. The normalized spacial score (nSPS) is 20.5. The van der Waals surface area contributed by atoms with Crippen LogP contribution in [0.1, 0.15) is 33.6 Å². The molecule has 2 unspecified atom stereocenters. The minimum atomic E-state index is 0.133. The Morgan fingerprint density at radius 1 is 1.22 bits per heavy atom. The van der Waals surface area contributed by atoms with Gasteiger partial charge in [0.2, 0.25) is 5.91 Å². The van der Waals surface area contributed by atoms with Crippen LogP contribution in [0.25, 0.3) is 0 Å². The number of amides is 1. The van der Waals surface area contributed by atoms with E-state index < -0.39 is 0 Å². The van der Waals surface area contributed by atoms with Crippen LogP contribution in [0.5, 0.6) is 0 Å². The molecule has 0 radical (unpaired) electrons. The van der Waals surface area contributed by atoms with E-state index in [1.165, 1.54) is 0 Å². The summed E-state index contributed by atoms with van der Waals surface area (Å²) in [6.07, 6.45) is 1.85. The Hall–Kier alpha value is -0.680. The molecule has 0 aromatic rings. The summed E-state index contributed by atoms with van der Waals surface area (Å²) in [7, 11) is 0. The Morgan fingerprint density at radius 3 is 2.17 bits per heavy atom. The van der Waals surface area contributed by atoms with Gasteiger partial charge in [0.25, 0.3) is 0 Å². The maximum Gasteiger partial charge on any atom is 0.225 e. The molecule has 0 bridgehead atoms. The van der Waals surface area contributed by atoms with Crippen LogP contribution in [0.2, 0.25) is 0 Å². The summed E-state index contributed by atoms with van der Waals surface area (Å²) < 4.78 is 0. The Kier molecular flexibility index (Phi) is 6.02. The van der Waals surface area contributed by atoms with Crippen LogP contribution in [0.3, 0.4) is 0 Å². The Bertz CT molecular complexity index is 301. The molecule has 1 saturated heterocycles. The van der Waals surface area contributed by atoms with Gasteiger partial charge in [-0.25, -0.2) is 0 Å². The molecule has 4 nitrogen and oxygen atoms in total. The second-order valence-corrected chi connectivity index (χ2v) is 5.47. The lowest BCUT2D eigenvalue weighted by Gasteiger charge is -2.39. The van der Waals surface area contributed by atoms with Crippen molar-refractivity contribution in [3.05, 3.63) is 0 Å². The standard InChI is InChI=1S/C13H25N3OS/c1-4-10(3)13(17)16-8-6-15(7-9-16)11(5-2)12(14)18/h10-11H,4-9H2,1-3H3,(H2,14,18). The molecule has 1 rings (SSSR count). The monoisotopic (exact) mass is 271 g/mol. The van der Waals surface area contributed by atoms with Gasteiger partial charge in [0.1, 0.15) is 0 Å². The van der Waals surface area contributed by atoms with E-state index in [2.05, 4.69) is 18.7 Å². The molecule has 104 valence electrons. The quantitative estimate of drug-likeness (QED) is 0.764. The third kappa shape index (κ3) is 3.65. The Morgan fingerprint density at radius 2 is 1.78 bits per heavy atom. The van der Waals surface area contributed by atoms with Crippen LogP contribution in [0.4, 0.5) is 0 Å². The predicted octanol–water partition coefficient (Wildman–Crippen LogP) is 1.24. The zero-order valence-corrected chi connectivity index (χ0v) is 12.5. The van der Waals surface area contributed by atoms with Crippen molar-refractivity contribution in [2.45, 2.75) is 39.7 Å². The lowest BCUT2D eigenvalue weighted by molar-refractivity contribution is -0.137. The van der Waals surface area contributed by atoms with Gasteiger partial charge in [-0.1, -0.05) is 33.0 Å². The lowest BCUT2D eigenvalue weighted by atomic mass is 10.1. The number of hydrogen-bond donors (Lipinski definition) is 1. The summed E-state index contributed by atoms with van der Waals surface area (Å²) in [5.74, 6) is 0.412. The Balaban J connectivity index is 2.50. The molecule has 0 aliphatic carbocycles. The summed E-state index contributed by atoms with van der Waals surface area (Å²) in [5, 5.41) is 0. The second kappa shape index (κ2) is 7.04.